The highest BCUT2D eigenvalue weighted by atomic mass is 15.4. The van der Waals surface area contributed by atoms with E-state index in [-0.39, 0.29) is 0 Å². The maximum Gasteiger partial charge on any atom is 0.227 e. The van der Waals surface area contributed by atoms with Crippen LogP contribution < -0.4 is 10.2 Å². The van der Waals surface area contributed by atoms with Crippen LogP contribution in [-0.2, 0) is 0 Å². The Hall–Kier alpha value is -2.46. The highest BCUT2D eigenvalue weighted by molar-refractivity contribution is 5.42. The van der Waals surface area contributed by atoms with Crippen molar-refractivity contribution in [3.8, 4) is 11.9 Å². The van der Waals surface area contributed by atoms with Gasteiger partial charge < -0.3 is 10.2 Å². The van der Waals surface area contributed by atoms with Crippen molar-refractivity contribution in [2.45, 2.75) is 13.8 Å². The van der Waals surface area contributed by atoms with Gasteiger partial charge in [-0.15, -0.1) is 0 Å². The summed E-state index contributed by atoms with van der Waals surface area (Å²) in [6.45, 7) is 7.37. The highest BCUT2D eigenvalue weighted by Crippen LogP contribution is 2.17. The van der Waals surface area contributed by atoms with E-state index in [1.807, 2.05) is 19.9 Å². The summed E-state index contributed by atoms with van der Waals surface area (Å²) in [6.07, 6.45) is 1.74. The quantitative estimate of drug-likeness (QED) is 0.867. The topological polar surface area (TPSA) is 82.7 Å². The van der Waals surface area contributed by atoms with Crippen molar-refractivity contribution in [1.82, 2.24) is 25.1 Å². The van der Waals surface area contributed by atoms with E-state index in [2.05, 4.69) is 31.4 Å². The summed E-state index contributed by atoms with van der Waals surface area (Å²) in [5.41, 5.74) is 2.13. The minimum absolute atomic E-state index is 0.609. The molecule has 7 heteroatoms. The third-order valence-electron chi connectivity index (χ3n) is 3.65. The molecule has 0 aromatic carbocycles. The molecule has 0 atom stereocenters. The summed E-state index contributed by atoms with van der Waals surface area (Å²) in [5.74, 6) is 1.40. The third-order valence-corrected chi connectivity index (χ3v) is 3.65. The average Bonchev–Trinajstić information content (AvgIpc) is 2.82. The van der Waals surface area contributed by atoms with Gasteiger partial charge in [0.05, 0.1) is 17.0 Å². The minimum atomic E-state index is 0.609. The Morgan fingerprint density at radius 3 is 2.71 bits per heavy atom. The molecular formula is C14H17N7. The van der Waals surface area contributed by atoms with E-state index in [0.29, 0.717) is 17.3 Å². The number of hydrogen-bond donors (Lipinski definition) is 1. The molecule has 0 amide bonds. The van der Waals surface area contributed by atoms with E-state index >= 15 is 0 Å². The van der Waals surface area contributed by atoms with Gasteiger partial charge in [-0.1, -0.05) is 0 Å². The number of nitriles is 1. The van der Waals surface area contributed by atoms with Gasteiger partial charge in [-0.05, 0) is 13.8 Å². The van der Waals surface area contributed by atoms with Crippen molar-refractivity contribution >= 4 is 5.95 Å². The molecule has 0 radical (unpaired) electrons. The van der Waals surface area contributed by atoms with Gasteiger partial charge in [0, 0.05) is 38.4 Å². The maximum absolute atomic E-state index is 9.17. The van der Waals surface area contributed by atoms with Crippen molar-refractivity contribution in [3.63, 3.8) is 0 Å². The Bertz CT molecular complexity index is 692. The first-order chi connectivity index (χ1) is 10.2. The number of aromatic nitrogens is 4. The smallest absolute Gasteiger partial charge is 0.227 e. The van der Waals surface area contributed by atoms with Crippen molar-refractivity contribution < 1.29 is 0 Å². The summed E-state index contributed by atoms with van der Waals surface area (Å²) in [7, 11) is 0. The summed E-state index contributed by atoms with van der Waals surface area (Å²) in [4.78, 5) is 11.1. The van der Waals surface area contributed by atoms with Crippen LogP contribution in [-0.4, -0.2) is 45.9 Å². The monoisotopic (exact) mass is 283 g/mol. The second kappa shape index (κ2) is 5.50. The Labute approximate surface area is 123 Å². The molecule has 7 nitrogen and oxygen atoms in total. The minimum Gasteiger partial charge on any atom is -0.338 e. The summed E-state index contributed by atoms with van der Waals surface area (Å²) >= 11 is 0. The molecule has 0 saturated carbocycles. The number of nitrogens with one attached hydrogen (secondary N) is 1. The predicted octanol–water partition coefficient (Wildman–Crippen LogP) is 0.560. The first-order valence-electron chi connectivity index (χ1n) is 6.96. The van der Waals surface area contributed by atoms with Gasteiger partial charge in [0.2, 0.25) is 5.95 Å². The molecular weight excluding hydrogens is 266 g/mol. The Balaban J connectivity index is 1.98. The lowest BCUT2D eigenvalue weighted by molar-refractivity contribution is 0.579. The molecule has 108 valence electrons. The largest absolute Gasteiger partial charge is 0.338 e. The van der Waals surface area contributed by atoms with E-state index in [1.165, 1.54) is 0 Å². The fourth-order valence-electron chi connectivity index (χ4n) is 2.50. The predicted molar refractivity (Wildman–Crippen MR) is 78.4 cm³/mol. The van der Waals surface area contributed by atoms with Crippen molar-refractivity contribution in [2.75, 3.05) is 31.1 Å². The molecule has 3 rings (SSSR count). The highest BCUT2D eigenvalue weighted by Gasteiger charge is 2.16. The molecule has 0 spiro atoms. The zero-order valence-corrected chi connectivity index (χ0v) is 12.2. The van der Waals surface area contributed by atoms with Crippen LogP contribution in [0.15, 0.2) is 12.3 Å². The average molecular weight is 283 g/mol. The molecule has 2 aromatic heterocycles. The van der Waals surface area contributed by atoms with E-state index in [9.17, 15) is 0 Å². The maximum atomic E-state index is 9.17. The van der Waals surface area contributed by atoms with Crippen molar-refractivity contribution in [1.29, 1.82) is 5.26 Å². The van der Waals surface area contributed by atoms with Gasteiger partial charge >= 0.3 is 0 Å². The molecule has 0 unspecified atom stereocenters. The van der Waals surface area contributed by atoms with Crippen LogP contribution >= 0.6 is 0 Å². The lowest BCUT2D eigenvalue weighted by Crippen LogP contribution is -2.44. The fraction of sp³-hybridized carbons (Fsp3) is 0.429. The van der Waals surface area contributed by atoms with Gasteiger partial charge in [-0.2, -0.15) is 15.3 Å². The van der Waals surface area contributed by atoms with Crippen LogP contribution in [0.3, 0.4) is 0 Å². The summed E-state index contributed by atoms with van der Waals surface area (Å²) in [5, 5.41) is 16.9. The number of hydrogen-bond acceptors (Lipinski definition) is 6. The van der Waals surface area contributed by atoms with Gasteiger partial charge in [0.25, 0.3) is 0 Å². The lowest BCUT2D eigenvalue weighted by atomic mass is 10.2. The van der Waals surface area contributed by atoms with Gasteiger partial charge in [-0.3, -0.25) is 0 Å². The number of piperazine rings is 1. The molecule has 1 aliphatic rings. The van der Waals surface area contributed by atoms with Crippen LogP contribution in [0, 0.1) is 25.2 Å². The molecule has 21 heavy (non-hydrogen) atoms. The van der Waals surface area contributed by atoms with E-state index in [4.69, 9.17) is 5.26 Å². The summed E-state index contributed by atoms with van der Waals surface area (Å²) < 4.78 is 1.71. The van der Waals surface area contributed by atoms with Crippen molar-refractivity contribution in [3.05, 3.63) is 29.2 Å². The van der Waals surface area contributed by atoms with Gasteiger partial charge in [0.15, 0.2) is 5.82 Å². The second-order valence-corrected chi connectivity index (χ2v) is 5.02. The van der Waals surface area contributed by atoms with Crippen LogP contribution in [0.1, 0.15) is 17.0 Å². The van der Waals surface area contributed by atoms with Crippen LogP contribution in [0.5, 0.6) is 0 Å². The summed E-state index contributed by atoms with van der Waals surface area (Å²) in [6, 6.07) is 4.00. The SMILES string of the molecule is Cc1nn(-c2ccnc(N3CCNCC3)n2)c(C)c1C#N. The van der Waals surface area contributed by atoms with Crippen molar-refractivity contribution in [2.24, 2.45) is 0 Å². The molecule has 1 fully saturated rings. The standard InChI is InChI=1S/C14H17N7/c1-10-12(9-15)11(2)21(19-10)13-3-4-17-14(18-13)20-7-5-16-6-8-20/h3-4,16H,5-8H2,1-2H3. The second-order valence-electron chi connectivity index (χ2n) is 5.02. The van der Waals surface area contributed by atoms with E-state index in [1.54, 1.807) is 10.9 Å². The zero-order chi connectivity index (χ0) is 14.8. The number of nitrogens with zero attached hydrogens (tertiary/aromatic N) is 6. The number of aryl methyl sites for hydroxylation is 1. The molecule has 1 aliphatic heterocycles. The molecule has 1 saturated heterocycles. The normalized spacial score (nSPS) is 15.0. The molecule has 2 aromatic rings. The number of anilines is 1. The third kappa shape index (κ3) is 2.45. The lowest BCUT2D eigenvalue weighted by Gasteiger charge is -2.27. The first-order valence-corrected chi connectivity index (χ1v) is 6.96. The zero-order valence-electron chi connectivity index (χ0n) is 12.2. The van der Waals surface area contributed by atoms with Crippen LogP contribution in [0.2, 0.25) is 0 Å². The molecule has 1 N–H and O–H groups in total. The molecule has 3 heterocycles. The van der Waals surface area contributed by atoms with E-state index in [0.717, 1.165) is 37.6 Å². The number of rotatable bonds is 2. The first kappa shape index (κ1) is 13.5. The Kier molecular flexibility index (Phi) is 3.54. The fourth-order valence-corrected chi connectivity index (χ4v) is 2.50. The Morgan fingerprint density at radius 1 is 1.29 bits per heavy atom. The molecule has 0 bridgehead atoms. The van der Waals surface area contributed by atoms with Crippen LogP contribution in [0.25, 0.3) is 5.82 Å². The molecule has 0 aliphatic carbocycles. The van der Waals surface area contributed by atoms with Gasteiger partial charge in [0.1, 0.15) is 6.07 Å². The van der Waals surface area contributed by atoms with E-state index < -0.39 is 0 Å². The van der Waals surface area contributed by atoms with Crippen LogP contribution in [0.4, 0.5) is 5.95 Å². The Morgan fingerprint density at radius 2 is 2.05 bits per heavy atom. The van der Waals surface area contributed by atoms with Gasteiger partial charge in [-0.25, -0.2) is 9.67 Å².